The maximum atomic E-state index is 14.2. The van der Waals surface area contributed by atoms with Gasteiger partial charge in [0.05, 0.1) is 47.2 Å². The van der Waals surface area contributed by atoms with E-state index in [-0.39, 0.29) is 29.4 Å². The molecule has 13 nitrogen and oxygen atoms in total. The molecule has 0 unspecified atom stereocenters. The SMILES string of the molecule is C[C@@H]1CN=C2N(Cc3cnn(C)c3)C(=O)c3cc(S(=O)(=O)NC4(C)CC4)cc(N4CCN(C(=O)N(C)C)CC4)c3N21. The van der Waals surface area contributed by atoms with Crippen molar-refractivity contribution in [1.29, 1.82) is 0 Å². The lowest BCUT2D eigenvalue weighted by Crippen LogP contribution is -2.54. The zero-order valence-corrected chi connectivity index (χ0v) is 25.0. The van der Waals surface area contributed by atoms with Crippen molar-refractivity contribution in [3.63, 3.8) is 0 Å². The Morgan fingerprint density at radius 3 is 2.49 bits per heavy atom. The number of urea groups is 1. The molecular formula is C27H37N9O4S. The Labute approximate surface area is 240 Å². The zero-order valence-electron chi connectivity index (χ0n) is 24.2. The number of aryl methyl sites for hydroxylation is 1. The molecule has 1 aliphatic carbocycles. The number of aliphatic imine (C=N–C) groups is 1. The summed E-state index contributed by atoms with van der Waals surface area (Å²) in [6, 6.07) is 3.10. The Hall–Kier alpha value is -3.65. The number of guanidine groups is 1. The fraction of sp³-hybridized carbons (Fsp3) is 0.556. The normalized spacial score (nSPS) is 21.5. The second-order valence-corrected chi connectivity index (χ2v) is 13.6. The molecule has 3 amide bonds. The Morgan fingerprint density at radius 1 is 1.17 bits per heavy atom. The largest absolute Gasteiger partial charge is 0.366 e. The minimum Gasteiger partial charge on any atom is -0.366 e. The predicted octanol–water partition coefficient (Wildman–Crippen LogP) is 1.28. The van der Waals surface area contributed by atoms with Crippen molar-refractivity contribution in [3.05, 3.63) is 35.7 Å². The number of anilines is 2. The third kappa shape index (κ3) is 4.92. The van der Waals surface area contributed by atoms with Gasteiger partial charge in [0.25, 0.3) is 5.91 Å². The molecule has 6 rings (SSSR count). The molecule has 14 heteroatoms. The van der Waals surface area contributed by atoms with E-state index in [0.29, 0.717) is 55.6 Å². The summed E-state index contributed by atoms with van der Waals surface area (Å²) in [6.07, 6.45) is 5.12. The smallest absolute Gasteiger partial charge is 0.319 e. The minimum atomic E-state index is -3.90. The van der Waals surface area contributed by atoms with Crippen molar-refractivity contribution in [2.75, 3.05) is 56.6 Å². The van der Waals surface area contributed by atoms with Crippen LogP contribution in [0.5, 0.6) is 0 Å². The van der Waals surface area contributed by atoms with Crippen LogP contribution in [0.3, 0.4) is 0 Å². The van der Waals surface area contributed by atoms with Crippen LogP contribution in [0.2, 0.25) is 0 Å². The number of aromatic nitrogens is 2. The van der Waals surface area contributed by atoms with Gasteiger partial charge in [-0.15, -0.1) is 0 Å². The molecule has 1 aromatic heterocycles. The molecule has 3 aliphatic heterocycles. The summed E-state index contributed by atoms with van der Waals surface area (Å²) in [5.74, 6) is 0.256. The van der Waals surface area contributed by atoms with Gasteiger partial charge in [-0.2, -0.15) is 5.10 Å². The summed E-state index contributed by atoms with van der Waals surface area (Å²) in [6.45, 7) is 6.69. The summed E-state index contributed by atoms with van der Waals surface area (Å²) in [5, 5.41) is 4.24. The van der Waals surface area contributed by atoms with Crippen LogP contribution in [0.15, 0.2) is 34.4 Å². The van der Waals surface area contributed by atoms with Crippen LogP contribution in [-0.4, -0.2) is 109 Å². The van der Waals surface area contributed by atoms with Gasteiger partial charge in [0.15, 0.2) is 0 Å². The lowest BCUT2D eigenvalue weighted by atomic mass is 10.0. The monoisotopic (exact) mass is 583 g/mol. The van der Waals surface area contributed by atoms with Gasteiger partial charge in [-0.1, -0.05) is 0 Å². The maximum absolute atomic E-state index is 14.2. The number of carbonyl (C=O) groups is 2. The van der Waals surface area contributed by atoms with E-state index in [4.69, 9.17) is 4.99 Å². The van der Waals surface area contributed by atoms with Crippen LogP contribution in [0, 0.1) is 0 Å². The predicted molar refractivity (Wildman–Crippen MR) is 155 cm³/mol. The molecule has 1 saturated carbocycles. The van der Waals surface area contributed by atoms with E-state index in [9.17, 15) is 18.0 Å². The summed E-state index contributed by atoms with van der Waals surface area (Å²) in [7, 11) is 1.38. The number of hydrogen-bond donors (Lipinski definition) is 1. The lowest BCUT2D eigenvalue weighted by molar-refractivity contribution is 0.0832. The molecule has 1 atom stereocenters. The highest BCUT2D eigenvalue weighted by Gasteiger charge is 2.45. The summed E-state index contributed by atoms with van der Waals surface area (Å²) >= 11 is 0. The topological polar surface area (TPSA) is 127 Å². The maximum Gasteiger partial charge on any atom is 0.319 e. The number of amides is 3. The number of nitrogens with one attached hydrogen (secondary N) is 1. The second kappa shape index (κ2) is 9.72. The Morgan fingerprint density at radius 2 is 1.88 bits per heavy atom. The number of sulfonamides is 1. The van der Waals surface area contributed by atoms with E-state index >= 15 is 0 Å². The van der Waals surface area contributed by atoms with E-state index in [0.717, 1.165) is 18.4 Å². The molecule has 2 aromatic rings. The van der Waals surface area contributed by atoms with Crippen molar-refractivity contribution in [3.8, 4) is 0 Å². The number of hydrogen-bond acceptors (Lipinski definition) is 8. The van der Waals surface area contributed by atoms with Gasteiger partial charge >= 0.3 is 6.03 Å². The van der Waals surface area contributed by atoms with Crippen molar-refractivity contribution in [2.24, 2.45) is 12.0 Å². The first-order valence-corrected chi connectivity index (χ1v) is 15.4. The van der Waals surface area contributed by atoms with E-state index in [1.54, 1.807) is 45.7 Å². The van der Waals surface area contributed by atoms with Crippen LogP contribution in [0.1, 0.15) is 42.6 Å². The summed E-state index contributed by atoms with van der Waals surface area (Å²) in [5.41, 5.74) is 2.04. The average molecular weight is 584 g/mol. The lowest BCUT2D eigenvalue weighted by Gasteiger charge is -2.43. The van der Waals surface area contributed by atoms with Crippen molar-refractivity contribution in [1.82, 2.24) is 29.2 Å². The highest BCUT2D eigenvalue weighted by molar-refractivity contribution is 7.89. The molecule has 2 fully saturated rings. The number of benzene rings is 1. The van der Waals surface area contributed by atoms with Crippen molar-refractivity contribution >= 4 is 39.3 Å². The van der Waals surface area contributed by atoms with Crippen LogP contribution in [0.25, 0.3) is 0 Å². The molecule has 220 valence electrons. The fourth-order valence-corrected chi connectivity index (χ4v) is 7.23. The molecule has 41 heavy (non-hydrogen) atoms. The first kappa shape index (κ1) is 27.5. The fourth-order valence-electron chi connectivity index (χ4n) is 5.72. The van der Waals surface area contributed by atoms with Gasteiger partial charge in [0, 0.05) is 64.6 Å². The number of carbonyl (C=O) groups excluding carboxylic acids is 2. The van der Waals surface area contributed by atoms with Gasteiger partial charge in [0.2, 0.25) is 16.0 Å². The third-order valence-corrected chi connectivity index (χ3v) is 9.86. The quantitative estimate of drug-likeness (QED) is 0.543. The molecule has 1 N–H and O–H groups in total. The number of nitrogens with zero attached hydrogens (tertiary/aromatic N) is 8. The zero-order chi connectivity index (χ0) is 29.3. The highest BCUT2D eigenvalue weighted by Crippen LogP contribution is 2.44. The number of rotatable bonds is 6. The van der Waals surface area contributed by atoms with Crippen molar-refractivity contribution in [2.45, 2.75) is 49.7 Å². The Balaban J connectivity index is 1.45. The number of fused-ring (bicyclic) bond motifs is 3. The molecule has 4 aliphatic rings. The van der Waals surface area contributed by atoms with Crippen LogP contribution in [0.4, 0.5) is 16.2 Å². The summed E-state index contributed by atoms with van der Waals surface area (Å²) < 4.78 is 31.8. The number of piperazine rings is 1. The molecule has 0 radical (unpaired) electrons. The van der Waals surface area contributed by atoms with E-state index in [2.05, 4.69) is 26.5 Å². The summed E-state index contributed by atoms with van der Waals surface area (Å²) in [4.78, 5) is 40.7. The van der Waals surface area contributed by atoms with E-state index in [1.807, 2.05) is 20.2 Å². The van der Waals surface area contributed by atoms with Crippen LogP contribution >= 0.6 is 0 Å². The Bertz CT molecular complexity index is 1540. The molecular weight excluding hydrogens is 546 g/mol. The van der Waals surface area contributed by atoms with E-state index < -0.39 is 15.6 Å². The van der Waals surface area contributed by atoms with Crippen LogP contribution in [-0.2, 0) is 23.6 Å². The molecule has 0 spiro atoms. The van der Waals surface area contributed by atoms with E-state index in [1.165, 1.54) is 6.07 Å². The second-order valence-electron chi connectivity index (χ2n) is 11.9. The molecule has 0 bridgehead atoms. The van der Waals surface area contributed by atoms with Gasteiger partial charge in [-0.05, 0) is 38.8 Å². The minimum absolute atomic E-state index is 0.0328. The molecule has 4 heterocycles. The van der Waals surface area contributed by atoms with Crippen molar-refractivity contribution < 1.29 is 18.0 Å². The van der Waals surface area contributed by atoms with Gasteiger partial charge in [0.1, 0.15) is 0 Å². The first-order chi connectivity index (χ1) is 19.4. The molecule has 1 saturated heterocycles. The Kier molecular flexibility index (Phi) is 6.53. The highest BCUT2D eigenvalue weighted by atomic mass is 32.2. The van der Waals surface area contributed by atoms with Gasteiger partial charge < -0.3 is 19.6 Å². The van der Waals surface area contributed by atoms with Gasteiger partial charge in [-0.25, -0.2) is 17.9 Å². The van der Waals surface area contributed by atoms with Crippen LogP contribution < -0.4 is 14.5 Å². The first-order valence-electron chi connectivity index (χ1n) is 13.9. The van der Waals surface area contributed by atoms with Gasteiger partial charge in [-0.3, -0.25) is 19.4 Å². The molecule has 1 aromatic carbocycles. The third-order valence-electron chi connectivity index (χ3n) is 8.24. The standard InChI is InChI=1S/C27H37N9O4S/c1-18-14-28-25-35(17-19-15-29-32(5)16-19)24(37)21-12-20(41(39,40)30-27(2)6-7-27)13-22(23(21)36(18)25)33-8-10-34(11-9-33)26(38)31(3)4/h12-13,15-16,18,30H,6-11,14,17H2,1-5H3/t18-/m1/s1. The average Bonchev–Trinajstić information content (AvgIpc) is 3.30.